The molecule has 0 aliphatic heterocycles. The quantitative estimate of drug-likeness (QED) is 0.793. The molecular weight excluding hydrogens is 260 g/mol. The molecule has 108 valence electrons. The summed E-state index contributed by atoms with van der Waals surface area (Å²) in [5.74, 6) is 0.862. The van der Waals surface area contributed by atoms with E-state index in [1.165, 1.54) is 0 Å². The number of aromatic nitrogens is 1. The highest BCUT2D eigenvalue weighted by Crippen LogP contribution is 2.23. The summed E-state index contributed by atoms with van der Waals surface area (Å²) in [5.41, 5.74) is 1.12. The third-order valence-corrected chi connectivity index (χ3v) is 3.20. The Morgan fingerprint density at radius 2 is 2.00 bits per heavy atom. The second kappa shape index (κ2) is 8.35. The maximum Gasteiger partial charge on any atom is 0.147 e. The molecule has 0 unspecified atom stereocenters. The van der Waals surface area contributed by atoms with Gasteiger partial charge in [-0.3, -0.25) is 0 Å². The van der Waals surface area contributed by atoms with Crippen LogP contribution in [-0.2, 0) is 6.54 Å². The smallest absolute Gasteiger partial charge is 0.147 e. The largest absolute Gasteiger partial charge is 0.358 e. The summed E-state index contributed by atoms with van der Waals surface area (Å²) < 4.78 is 0. The zero-order chi connectivity index (χ0) is 14.3. The fraction of sp³-hybridized carbons (Fsp3) is 0.643. The Labute approximate surface area is 121 Å². The molecule has 1 heterocycles. The Morgan fingerprint density at radius 3 is 2.58 bits per heavy atom. The molecule has 19 heavy (non-hydrogen) atoms. The van der Waals surface area contributed by atoms with Crippen LogP contribution in [-0.4, -0.2) is 50.7 Å². The van der Waals surface area contributed by atoms with Gasteiger partial charge in [-0.2, -0.15) is 0 Å². The zero-order valence-corrected chi connectivity index (χ0v) is 13.2. The second-order valence-corrected chi connectivity index (χ2v) is 5.41. The third-order valence-electron chi connectivity index (χ3n) is 2.92. The van der Waals surface area contributed by atoms with E-state index >= 15 is 0 Å². The van der Waals surface area contributed by atoms with E-state index in [1.807, 2.05) is 19.3 Å². The fourth-order valence-corrected chi connectivity index (χ4v) is 2.18. The van der Waals surface area contributed by atoms with Crippen LogP contribution in [0.4, 0.5) is 5.82 Å². The molecule has 1 N–H and O–H groups in total. The van der Waals surface area contributed by atoms with Crippen LogP contribution in [0.2, 0.25) is 5.02 Å². The van der Waals surface area contributed by atoms with Crippen molar-refractivity contribution in [1.82, 2.24) is 15.2 Å². The number of nitrogens with one attached hydrogen (secondary N) is 1. The molecule has 0 fully saturated rings. The minimum Gasteiger partial charge on any atom is -0.358 e. The van der Waals surface area contributed by atoms with Gasteiger partial charge in [-0.1, -0.05) is 18.5 Å². The summed E-state index contributed by atoms with van der Waals surface area (Å²) in [7, 11) is 6.20. The highest BCUT2D eigenvalue weighted by atomic mass is 35.5. The predicted molar refractivity (Wildman–Crippen MR) is 83.1 cm³/mol. The topological polar surface area (TPSA) is 31.4 Å². The Kier molecular flexibility index (Phi) is 7.13. The molecule has 0 atom stereocenters. The Morgan fingerprint density at radius 1 is 1.26 bits per heavy atom. The molecule has 5 heteroatoms. The molecule has 0 radical (unpaired) electrons. The molecule has 0 aliphatic carbocycles. The van der Waals surface area contributed by atoms with Gasteiger partial charge < -0.3 is 15.1 Å². The number of nitrogens with zero attached hydrogens (tertiary/aromatic N) is 3. The Hall–Kier alpha value is -0.840. The molecule has 0 aromatic carbocycles. The zero-order valence-electron chi connectivity index (χ0n) is 12.4. The maximum atomic E-state index is 6.30. The summed E-state index contributed by atoms with van der Waals surface area (Å²) in [6.07, 6.45) is 2.99. The van der Waals surface area contributed by atoms with Gasteiger partial charge >= 0.3 is 0 Å². The number of pyridine rings is 1. The number of halogens is 1. The highest BCUT2D eigenvalue weighted by Gasteiger charge is 2.08. The third kappa shape index (κ3) is 5.76. The van der Waals surface area contributed by atoms with E-state index < -0.39 is 0 Å². The highest BCUT2D eigenvalue weighted by molar-refractivity contribution is 6.33. The fourth-order valence-electron chi connectivity index (χ4n) is 1.85. The summed E-state index contributed by atoms with van der Waals surface area (Å²) in [5, 5.41) is 3.99. The van der Waals surface area contributed by atoms with Gasteiger partial charge in [0.25, 0.3) is 0 Å². The van der Waals surface area contributed by atoms with Crippen molar-refractivity contribution in [3.05, 3.63) is 22.8 Å². The second-order valence-electron chi connectivity index (χ2n) is 5.01. The molecule has 1 aromatic heterocycles. The standard InChI is InChI=1S/C14H25ClN4/c1-5-16-10-12-9-13(15)14(17-11-12)19(4)8-6-7-18(2)3/h9,11,16H,5-8,10H2,1-4H3. The van der Waals surface area contributed by atoms with Crippen molar-refractivity contribution < 1.29 is 0 Å². The summed E-state index contributed by atoms with van der Waals surface area (Å²) in [4.78, 5) is 8.77. The molecule has 0 spiro atoms. The van der Waals surface area contributed by atoms with Crippen molar-refractivity contribution in [1.29, 1.82) is 0 Å². The molecular formula is C14H25ClN4. The molecule has 4 nitrogen and oxygen atoms in total. The van der Waals surface area contributed by atoms with Gasteiger partial charge in [-0.25, -0.2) is 4.98 Å². The normalized spacial score (nSPS) is 11.1. The monoisotopic (exact) mass is 284 g/mol. The van der Waals surface area contributed by atoms with Crippen molar-refractivity contribution in [2.75, 3.05) is 45.7 Å². The average molecular weight is 285 g/mol. The minimum atomic E-state index is 0.725. The van der Waals surface area contributed by atoms with Gasteiger partial charge in [-0.15, -0.1) is 0 Å². The van der Waals surface area contributed by atoms with E-state index in [4.69, 9.17) is 11.6 Å². The van der Waals surface area contributed by atoms with Crippen molar-refractivity contribution in [3.63, 3.8) is 0 Å². The van der Waals surface area contributed by atoms with E-state index in [9.17, 15) is 0 Å². The Balaban J connectivity index is 2.57. The van der Waals surface area contributed by atoms with Crippen LogP contribution >= 0.6 is 11.6 Å². The molecule has 1 aromatic rings. The SMILES string of the molecule is CCNCc1cnc(N(C)CCCN(C)C)c(Cl)c1. The molecule has 0 saturated heterocycles. The number of rotatable bonds is 8. The van der Waals surface area contributed by atoms with E-state index in [0.29, 0.717) is 0 Å². The first-order valence-corrected chi connectivity index (χ1v) is 7.13. The average Bonchev–Trinajstić information content (AvgIpc) is 2.35. The summed E-state index contributed by atoms with van der Waals surface area (Å²) in [6, 6.07) is 2.00. The van der Waals surface area contributed by atoms with Crippen LogP contribution in [0.25, 0.3) is 0 Å². The van der Waals surface area contributed by atoms with Crippen LogP contribution in [0.5, 0.6) is 0 Å². The summed E-state index contributed by atoms with van der Waals surface area (Å²) in [6.45, 7) is 5.87. The van der Waals surface area contributed by atoms with Gasteiger partial charge in [0.1, 0.15) is 5.82 Å². The first kappa shape index (κ1) is 16.2. The van der Waals surface area contributed by atoms with Crippen LogP contribution < -0.4 is 10.2 Å². The number of hydrogen-bond acceptors (Lipinski definition) is 4. The van der Waals surface area contributed by atoms with Crippen LogP contribution in [0.3, 0.4) is 0 Å². The Bertz CT molecular complexity index is 382. The van der Waals surface area contributed by atoms with Crippen molar-refractivity contribution in [3.8, 4) is 0 Å². The van der Waals surface area contributed by atoms with Crippen molar-refractivity contribution >= 4 is 17.4 Å². The molecule has 0 bridgehead atoms. The van der Waals surface area contributed by atoms with E-state index in [0.717, 1.165) is 49.0 Å². The predicted octanol–water partition coefficient (Wildman–Crippen LogP) is 2.23. The first-order valence-electron chi connectivity index (χ1n) is 6.75. The van der Waals surface area contributed by atoms with Gasteiger partial charge in [0.2, 0.25) is 0 Å². The first-order chi connectivity index (χ1) is 9.04. The van der Waals surface area contributed by atoms with E-state index in [2.05, 4.69) is 41.1 Å². The lowest BCUT2D eigenvalue weighted by Gasteiger charge is -2.20. The molecule has 0 aliphatic rings. The van der Waals surface area contributed by atoms with Crippen LogP contribution in [0.1, 0.15) is 18.9 Å². The van der Waals surface area contributed by atoms with Crippen molar-refractivity contribution in [2.45, 2.75) is 19.9 Å². The maximum absolute atomic E-state index is 6.30. The van der Waals surface area contributed by atoms with Gasteiger partial charge in [0.15, 0.2) is 0 Å². The summed E-state index contributed by atoms with van der Waals surface area (Å²) >= 11 is 6.30. The van der Waals surface area contributed by atoms with Crippen LogP contribution in [0, 0.1) is 0 Å². The lowest BCUT2D eigenvalue weighted by Crippen LogP contribution is -2.24. The molecule has 0 amide bonds. The van der Waals surface area contributed by atoms with Gasteiger partial charge in [0.05, 0.1) is 5.02 Å². The van der Waals surface area contributed by atoms with Gasteiger partial charge in [0, 0.05) is 26.3 Å². The lowest BCUT2D eigenvalue weighted by molar-refractivity contribution is 0.401. The number of hydrogen-bond donors (Lipinski definition) is 1. The van der Waals surface area contributed by atoms with Gasteiger partial charge in [-0.05, 0) is 45.2 Å². The van der Waals surface area contributed by atoms with Crippen LogP contribution in [0.15, 0.2) is 12.3 Å². The molecule has 0 saturated carbocycles. The van der Waals surface area contributed by atoms with E-state index in [1.54, 1.807) is 0 Å². The van der Waals surface area contributed by atoms with Crippen molar-refractivity contribution in [2.24, 2.45) is 0 Å². The van der Waals surface area contributed by atoms with E-state index in [-0.39, 0.29) is 0 Å². The number of anilines is 1. The minimum absolute atomic E-state index is 0.725. The molecule has 1 rings (SSSR count). The lowest BCUT2D eigenvalue weighted by atomic mass is 10.2.